The van der Waals surface area contributed by atoms with Crippen LogP contribution in [0.5, 0.6) is 0 Å². The Kier molecular flexibility index (Phi) is 3.90. The molecule has 0 aliphatic heterocycles. The summed E-state index contributed by atoms with van der Waals surface area (Å²) in [6.07, 6.45) is 3.74. The maximum absolute atomic E-state index is 4.03. The third-order valence-electron chi connectivity index (χ3n) is 4.64. The highest BCUT2D eigenvalue weighted by molar-refractivity contribution is 5.86. The van der Waals surface area contributed by atoms with Crippen LogP contribution in [-0.4, -0.2) is 10.6 Å². The van der Waals surface area contributed by atoms with Crippen molar-refractivity contribution in [1.29, 1.82) is 0 Å². The number of fused-ring (bicyclic) bond motifs is 1. The van der Waals surface area contributed by atoms with Crippen molar-refractivity contribution in [2.75, 3.05) is 0 Å². The lowest BCUT2D eigenvalue weighted by atomic mass is 10.1. The third kappa shape index (κ3) is 3.06. The summed E-state index contributed by atoms with van der Waals surface area (Å²) in [7, 11) is 0. The summed E-state index contributed by atoms with van der Waals surface area (Å²) < 4.78 is 2.44. The number of allylic oxidation sites excluding steroid dienone is 1. The topological polar surface area (TPSA) is 17.0 Å². The molecule has 0 radical (unpaired) electrons. The summed E-state index contributed by atoms with van der Waals surface area (Å²) >= 11 is 0. The first kappa shape index (κ1) is 14.4. The summed E-state index contributed by atoms with van der Waals surface area (Å²) in [6.45, 7) is 12.6. The average Bonchev–Trinajstić information content (AvgIpc) is 3.25. The first-order valence-corrected chi connectivity index (χ1v) is 8.02. The van der Waals surface area contributed by atoms with E-state index >= 15 is 0 Å². The highest BCUT2D eigenvalue weighted by Crippen LogP contribution is 2.27. The van der Waals surface area contributed by atoms with Gasteiger partial charge in [-0.2, -0.15) is 0 Å². The van der Waals surface area contributed by atoms with Crippen LogP contribution in [0.4, 0.5) is 0 Å². The van der Waals surface area contributed by atoms with Gasteiger partial charge >= 0.3 is 0 Å². The first-order chi connectivity index (χ1) is 10.1. The van der Waals surface area contributed by atoms with E-state index in [1.807, 2.05) is 0 Å². The molecule has 2 aromatic rings. The molecule has 3 rings (SSSR count). The number of hydrogen-bond acceptors (Lipinski definition) is 1. The minimum absolute atomic E-state index is 0.767. The van der Waals surface area contributed by atoms with Crippen LogP contribution in [0.2, 0.25) is 0 Å². The molecule has 0 amide bonds. The molecule has 21 heavy (non-hydrogen) atoms. The molecule has 1 aromatic heterocycles. The fraction of sp³-hybridized carbons (Fsp3) is 0.474. The van der Waals surface area contributed by atoms with E-state index in [9.17, 15) is 0 Å². The normalized spacial score (nSPS) is 14.8. The van der Waals surface area contributed by atoms with Gasteiger partial charge < -0.3 is 9.88 Å². The summed E-state index contributed by atoms with van der Waals surface area (Å²) in [6, 6.07) is 7.69. The van der Waals surface area contributed by atoms with Gasteiger partial charge in [0.25, 0.3) is 0 Å². The molecular formula is C19H26N2. The Labute approximate surface area is 127 Å². The molecule has 1 N–H and O–H groups in total. The number of rotatable bonds is 6. The zero-order valence-electron chi connectivity index (χ0n) is 13.5. The van der Waals surface area contributed by atoms with Crippen LogP contribution in [0.15, 0.2) is 30.4 Å². The van der Waals surface area contributed by atoms with Crippen molar-refractivity contribution in [2.45, 2.75) is 59.2 Å². The number of nitrogens with zero attached hydrogens (tertiary/aromatic N) is 1. The summed E-state index contributed by atoms with van der Waals surface area (Å²) in [5.74, 6) is 0. The third-order valence-corrected chi connectivity index (χ3v) is 4.64. The predicted octanol–water partition coefficient (Wildman–Crippen LogP) is 4.48. The van der Waals surface area contributed by atoms with Gasteiger partial charge in [0.2, 0.25) is 0 Å². The zero-order chi connectivity index (χ0) is 15.0. The van der Waals surface area contributed by atoms with Gasteiger partial charge in [0.1, 0.15) is 0 Å². The quantitative estimate of drug-likeness (QED) is 0.773. The monoisotopic (exact) mass is 282 g/mol. The lowest BCUT2D eigenvalue weighted by Crippen LogP contribution is -2.15. The molecule has 1 aromatic carbocycles. The van der Waals surface area contributed by atoms with Crippen LogP contribution >= 0.6 is 0 Å². The minimum Gasteiger partial charge on any atom is -0.344 e. The zero-order valence-corrected chi connectivity index (χ0v) is 13.5. The highest BCUT2D eigenvalue weighted by Gasteiger charge is 2.20. The molecule has 0 atom stereocenters. The van der Waals surface area contributed by atoms with Gasteiger partial charge in [0.05, 0.1) is 0 Å². The molecule has 0 saturated heterocycles. The van der Waals surface area contributed by atoms with Crippen LogP contribution in [0.1, 0.15) is 43.0 Å². The maximum atomic E-state index is 4.03. The fourth-order valence-corrected chi connectivity index (χ4v) is 2.95. The van der Waals surface area contributed by atoms with Crippen molar-refractivity contribution < 1.29 is 0 Å². The van der Waals surface area contributed by atoms with Crippen LogP contribution < -0.4 is 5.32 Å². The van der Waals surface area contributed by atoms with E-state index in [0.29, 0.717) is 0 Å². The average molecular weight is 282 g/mol. The van der Waals surface area contributed by atoms with Gasteiger partial charge in [-0.1, -0.05) is 11.6 Å². The second-order valence-corrected chi connectivity index (χ2v) is 6.58. The first-order valence-electron chi connectivity index (χ1n) is 8.02. The van der Waals surface area contributed by atoms with E-state index in [4.69, 9.17) is 0 Å². The van der Waals surface area contributed by atoms with Gasteiger partial charge in [-0.3, -0.25) is 0 Å². The Morgan fingerprint density at radius 1 is 1.33 bits per heavy atom. The Balaban J connectivity index is 1.89. The van der Waals surface area contributed by atoms with E-state index in [0.717, 1.165) is 25.6 Å². The summed E-state index contributed by atoms with van der Waals surface area (Å²) in [5, 5.41) is 5.01. The smallest absolute Gasteiger partial charge is 0.0485 e. The second-order valence-electron chi connectivity index (χ2n) is 6.58. The predicted molar refractivity (Wildman–Crippen MR) is 90.7 cm³/mol. The lowest BCUT2D eigenvalue weighted by molar-refractivity contribution is 0.687. The van der Waals surface area contributed by atoms with Crippen molar-refractivity contribution in [2.24, 2.45) is 0 Å². The fourth-order valence-electron chi connectivity index (χ4n) is 2.95. The summed E-state index contributed by atoms with van der Waals surface area (Å²) in [5.41, 5.74) is 6.81. The van der Waals surface area contributed by atoms with Crippen LogP contribution in [-0.2, 0) is 13.1 Å². The number of benzene rings is 1. The molecule has 1 heterocycles. The molecule has 112 valence electrons. The molecule has 0 unspecified atom stereocenters. The molecule has 2 heteroatoms. The largest absolute Gasteiger partial charge is 0.344 e. The van der Waals surface area contributed by atoms with Gasteiger partial charge in [-0.25, -0.2) is 0 Å². The van der Waals surface area contributed by atoms with E-state index in [1.165, 1.54) is 46.1 Å². The Hall–Kier alpha value is -1.54. The van der Waals surface area contributed by atoms with E-state index in [-0.39, 0.29) is 0 Å². The van der Waals surface area contributed by atoms with Crippen LogP contribution in [0.25, 0.3) is 10.9 Å². The molecule has 2 nitrogen and oxygen atoms in total. The van der Waals surface area contributed by atoms with Crippen molar-refractivity contribution in [3.8, 4) is 0 Å². The Morgan fingerprint density at radius 2 is 2.10 bits per heavy atom. The van der Waals surface area contributed by atoms with Crippen molar-refractivity contribution in [1.82, 2.24) is 9.88 Å². The van der Waals surface area contributed by atoms with Crippen molar-refractivity contribution in [3.05, 3.63) is 47.2 Å². The maximum Gasteiger partial charge on any atom is 0.0485 e. The number of hydrogen-bond donors (Lipinski definition) is 1. The standard InChI is InChI=1S/C19H26N2/c1-13(2)9-10-21-15(4)14(3)18-11-16(5-8-19(18)21)12-20-17-6-7-17/h5,8,11,17,20H,1,6-7,9-10,12H2,2-4H3. The lowest BCUT2D eigenvalue weighted by Gasteiger charge is -2.09. The summed E-state index contributed by atoms with van der Waals surface area (Å²) in [4.78, 5) is 0. The number of aromatic nitrogens is 1. The molecular weight excluding hydrogens is 256 g/mol. The van der Waals surface area contributed by atoms with E-state index in [2.05, 4.69) is 55.4 Å². The Morgan fingerprint density at radius 3 is 2.76 bits per heavy atom. The SMILES string of the molecule is C=C(C)CCn1c(C)c(C)c2cc(CNC3CC3)ccc21. The van der Waals surface area contributed by atoms with E-state index in [1.54, 1.807) is 0 Å². The molecule has 1 aliphatic rings. The van der Waals surface area contributed by atoms with Gasteiger partial charge in [-0.05, 0) is 63.3 Å². The molecule has 0 spiro atoms. The molecule has 1 saturated carbocycles. The number of nitrogens with one attached hydrogen (secondary N) is 1. The van der Waals surface area contributed by atoms with E-state index < -0.39 is 0 Å². The Bertz CT molecular complexity index is 674. The molecule has 1 fully saturated rings. The second kappa shape index (κ2) is 5.69. The van der Waals surface area contributed by atoms with Crippen LogP contribution in [0, 0.1) is 13.8 Å². The molecule has 1 aliphatic carbocycles. The molecule has 0 bridgehead atoms. The number of aryl methyl sites for hydroxylation is 2. The highest BCUT2D eigenvalue weighted by atomic mass is 15.0. The van der Waals surface area contributed by atoms with Gasteiger partial charge in [-0.15, -0.1) is 6.58 Å². The van der Waals surface area contributed by atoms with Gasteiger partial charge in [0, 0.05) is 35.7 Å². The van der Waals surface area contributed by atoms with Crippen molar-refractivity contribution in [3.63, 3.8) is 0 Å². The van der Waals surface area contributed by atoms with Crippen molar-refractivity contribution >= 4 is 10.9 Å². The minimum atomic E-state index is 0.767. The van der Waals surface area contributed by atoms with Crippen LogP contribution in [0.3, 0.4) is 0 Å². The van der Waals surface area contributed by atoms with Gasteiger partial charge in [0.15, 0.2) is 0 Å².